The minimum absolute atomic E-state index is 0.0351. The van der Waals surface area contributed by atoms with Gasteiger partial charge in [-0.25, -0.2) is 4.79 Å². The Morgan fingerprint density at radius 3 is 2.64 bits per heavy atom. The smallest absolute Gasteiger partial charge is 0.332 e. The molecule has 0 aromatic carbocycles. The van der Waals surface area contributed by atoms with Gasteiger partial charge in [-0.3, -0.25) is 0 Å². The first-order chi connectivity index (χ1) is 13.2. The van der Waals surface area contributed by atoms with Crippen LogP contribution in [0.1, 0.15) is 34.6 Å². The molecule has 2 heterocycles. The van der Waals surface area contributed by atoms with Crippen LogP contribution in [0.4, 0.5) is 5.82 Å². The van der Waals surface area contributed by atoms with Gasteiger partial charge in [-0.15, -0.1) is 4.37 Å². The Kier molecular flexibility index (Phi) is 8.87. The summed E-state index contributed by atoms with van der Waals surface area (Å²) in [7, 11) is 0. The molecule has 28 heavy (non-hydrogen) atoms. The summed E-state index contributed by atoms with van der Waals surface area (Å²) in [6.45, 7) is 13.3. The number of nitrogens with zero attached hydrogens (tertiary/aromatic N) is 3. The summed E-state index contributed by atoms with van der Waals surface area (Å²) >= 11 is 1.10. The average molecular weight is 417 g/mol. The number of morpholine rings is 1. The largest absolute Gasteiger partial charge is 0.470 e. The molecule has 1 aliphatic rings. The molecule has 160 valence electrons. The molecule has 0 unspecified atom stereocenters. The molecule has 9 nitrogen and oxygen atoms in total. The van der Waals surface area contributed by atoms with Crippen molar-refractivity contribution >= 4 is 23.5 Å². The Morgan fingerprint density at radius 1 is 1.29 bits per heavy atom. The van der Waals surface area contributed by atoms with Gasteiger partial charge < -0.3 is 29.2 Å². The van der Waals surface area contributed by atoms with Crippen molar-refractivity contribution in [3.05, 3.63) is 0 Å². The third-order valence-electron chi connectivity index (χ3n) is 3.85. The lowest BCUT2D eigenvalue weighted by atomic mass is 10.1. The zero-order chi connectivity index (χ0) is 20.6. The van der Waals surface area contributed by atoms with Crippen LogP contribution in [0.15, 0.2) is 0 Å². The van der Waals surface area contributed by atoms with Crippen molar-refractivity contribution < 1.29 is 23.7 Å². The second-order valence-corrected chi connectivity index (χ2v) is 8.43. The monoisotopic (exact) mass is 416 g/mol. The molecule has 0 radical (unpaired) electrons. The highest BCUT2D eigenvalue weighted by Crippen LogP contribution is 2.26. The standard InChI is InChI=1S/C18H32N4O5S/c1-13(2)25-12-15(23)27-14(10-19-18(3,4)5)11-26-17-16(20-28-21-17)22-6-8-24-9-7-22/h13-14,19H,6-12H2,1-5H3/t14-/m0/s1. The van der Waals surface area contributed by atoms with Crippen molar-refractivity contribution in [2.45, 2.75) is 52.4 Å². The zero-order valence-corrected chi connectivity index (χ0v) is 18.2. The average Bonchev–Trinajstić information content (AvgIpc) is 3.11. The third kappa shape index (κ3) is 8.26. The van der Waals surface area contributed by atoms with Gasteiger partial charge >= 0.3 is 5.97 Å². The Hall–Kier alpha value is -1.49. The summed E-state index contributed by atoms with van der Waals surface area (Å²) in [4.78, 5) is 14.2. The number of ether oxygens (including phenoxy) is 4. The van der Waals surface area contributed by atoms with E-state index in [4.69, 9.17) is 18.9 Å². The number of rotatable bonds is 10. The van der Waals surface area contributed by atoms with Crippen LogP contribution in [0, 0.1) is 0 Å². The normalized spacial score (nSPS) is 16.3. The molecule has 1 N–H and O–H groups in total. The first-order valence-electron chi connectivity index (χ1n) is 9.59. The molecule has 1 aromatic rings. The van der Waals surface area contributed by atoms with Gasteiger partial charge in [-0.05, 0) is 34.6 Å². The molecule has 0 amide bonds. The lowest BCUT2D eigenvalue weighted by molar-refractivity contribution is -0.157. The van der Waals surface area contributed by atoms with Crippen LogP contribution in [0.25, 0.3) is 0 Å². The van der Waals surface area contributed by atoms with E-state index in [1.165, 1.54) is 0 Å². The summed E-state index contributed by atoms with van der Waals surface area (Å²) in [6, 6.07) is 0. The Bertz CT molecular complexity index is 599. The number of nitrogens with one attached hydrogen (secondary N) is 1. The van der Waals surface area contributed by atoms with Gasteiger partial charge in [-0.1, -0.05) is 0 Å². The highest BCUT2D eigenvalue weighted by Gasteiger charge is 2.23. The van der Waals surface area contributed by atoms with Gasteiger partial charge in [0.1, 0.15) is 19.3 Å². The predicted molar refractivity (Wildman–Crippen MR) is 107 cm³/mol. The van der Waals surface area contributed by atoms with Gasteiger partial charge in [0.25, 0.3) is 5.88 Å². The third-order valence-corrected chi connectivity index (χ3v) is 4.35. The molecule has 0 saturated carbocycles. The molecule has 0 aliphatic carbocycles. The SMILES string of the molecule is CC(C)OCC(=O)O[C@@H](CNC(C)(C)C)COc1nsnc1N1CCOCC1. The van der Waals surface area contributed by atoms with E-state index in [0.29, 0.717) is 31.5 Å². The molecule has 1 atom stereocenters. The van der Waals surface area contributed by atoms with Crippen molar-refractivity contribution in [2.24, 2.45) is 0 Å². The Labute approximate surface area is 171 Å². The van der Waals surface area contributed by atoms with Crippen molar-refractivity contribution in [3.63, 3.8) is 0 Å². The lowest BCUT2D eigenvalue weighted by Gasteiger charge is -2.27. The minimum atomic E-state index is -0.471. The number of hydrogen-bond donors (Lipinski definition) is 1. The summed E-state index contributed by atoms with van der Waals surface area (Å²) in [5, 5.41) is 3.34. The quantitative estimate of drug-likeness (QED) is 0.569. The van der Waals surface area contributed by atoms with Crippen LogP contribution in [0.3, 0.4) is 0 Å². The highest BCUT2D eigenvalue weighted by atomic mass is 32.1. The van der Waals surface area contributed by atoms with Gasteiger partial charge in [0.05, 0.1) is 31.0 Å². The molecule has 1 aliphatic heterocycles. The lowest BCUT2D eigenvalue weighted by Crippen LogP contribution is -2.44. The topological polar surface area (TPSA) is 95.0 Å². The second kappa shape index (κ2) is 10.9. The van der Waals surface area contributed by atoms with Crippen LogP contribution >= 0.6 is 11.7 Å². The number of esters is 1. The van der Waals surface area contributed by atoms with E-state index in [1.807, 2.05) is 13.8 Å². The maximum Gasteiger partial charge on any atom is 0.332 e. The Morgan fingerprint density at radius 2 is 2.00 bits per heavy atom. The molecular weight excluding hydrogens is 384 g/mol. The van der Waals surface area contributed by atoms with Gasteiger partial charge in [-0.2, -0.15) is 4.37 Å². The fraction of sp³-hybridized carbons (Fsp3) is 0.833. The molecule has 1 saturated heterocycles. The summed E-state index contributed by atoms with van der Waals surface area (Å²) in [6.07, 6.45) is -0.506. The van der Waals surface area contributed by atoms with E-state index >= 15 is 0 Å². The number of aromatic nitrogens is 2. The first kappa shape index (κ1) is 22.8. The minimum Gasteiger partial charge on any atom is -0.470 e. The second-order valence-electron chi connectivity index (χ2n) is 7.91. The number of carbonyl (C=O) groups excluding carboxylic acids is 1. The van der Waals surface area contributed by atoms with Crippen LogP contribution in [-0.2, 0) is 19.0 Å². The van der Waals surface area contributed by atoms with E-state index < -0.39 is 12.1 Å². The number of anilines is 1. The van der Waals surface area contributed by atoms with Crippen molar-refractivity contribution in [1.29, 1.82) is 0 Å². The maximum atomic E-state index is 12.1. The van der Waals surface area contributed by atoms with Crippen LogP contribution in [0.2, 0.25) is 0 Å². The zero-order valence-electron chi connectivity index (χ0n) is 17.4. The molecular formula is C18H32N4O5S. The number of carbonyl (C=O) groups is 1. The van der Waals surface area contributed by atoms with E-state index in [9.17, 15) is 4.79 Å². The number of hydrogen-bond acceptors (Lipinski definition) is 10. The summed E-state index contributed by atoms with van der Waals surface area (Å²) in [5.41, 5.74) is -0.111. The molecule has 0 spiro atoms. The fourth-order valence-electron chi connectivity index (χ4n) is 2.42. The highest BCUT2D eigenvalue weighted by molar-refractivity contribution is 6.99. The van der Waals surface area contributed by atoms with E-state index in [2.05, 4.69) is 39.7 Å². The van der Waals surface area contributed by atoms with Crippen molar-refractivity contribution in [2.75, 3.05) is 51.0 Å². The Balaban J connectivity index is 1.93. The van der Waals surface area contributed by atoms with Crippen LogP contribution in [0.5, 0.6) is 5.88 Å². The molecule has 0 bridgehead atoms. The van der Waals surface area contributed by atoms with Crippen LogP contribution < -0.4 is 15.0 Å². The van der Waals surface area contributed by atoms with Crippen LogP contribution in [-0.4, -0.2) is 78.5 Å². The molecule has 10 heteroatoms. The van der Waals surface area contributed by atoms with E-state index in [0.717, 1.165) is 24.8 Å². The van der Waals surface area contributed by atoms with Crippen molar-refractivity contribution in [3.8, 4) is 5.88 Å². The van der Waals surface area contributed by atoms with Gasteiger partial charge in [0.2, 0.25) is 5.82 Å². The van der Waals surface area contributed by atoms with Crippen molar-refractivity contribution in [1.82, 2.24) is 14.1 Å². The van der Waals surface area contributed by atoms with Gasteiger partial charge in [0, 0.05) is 25.2 Å². The first-order valence-corrected chi connectivity index (χ1v) is 10.3. The summed E-state index contributed by atoms with van der Waals surface area (Å²) in [5.74, 6) is 0.759. The van der Waals surface area contributed by atoms with E-state index in [-0.39, 0.29) is 24.9 Å². The molecule has 1 fully saturated rings. The van der Waals surface area contributed by atoms with Gasteiger partial charge in [0.15, 0.2) is 0 Å². The molecule has 2 rings (SSSR count). The van der Waals surface area contributed by atoms with E-state index in [1.54, 1.807) is 0 Å². The summed E-state index contributed by atoms with van der Waals surface area (Å²) < 4.78 is 30.7. The predicted octanol–water partition coefficient (Wildman–Crippen LogP) is 1.48. The maximum absolute atomic E-state index is 12.1. The molecule has 1 aromatic heterocycles. The fourth-order valence-corrected chi connectivity index (χ4v) is 2.94.